The number of methoxy groups -OCH3 is 1. The van der Waals surface area contributed by atoms with E-state index >= 15 is 0 Å². The summed E-state index contributed by atoms with van der Waals surface area (Å²) in [5.74, 6) is -1.04. The van der Waals surface area contributed by atoms with Crippen LogP contribution in [0.2, 0.25) is 0 Å². The van der Waals surface area contributed by atoms with Gasteiger partial charge in [-0.3, -0.25) is 23.9 Å². The van der Waals surface area contributed by atoms with Crippen LogP contribution in [0.25, 0.3) is 11.0 Å². The quantitative estimate of drug-likeness (QED) is 0.141. The Hall–Kier alpha value is -4.15. The van der Waals surface area contributed by atoms with Crippen LogP contribution in [0.3, 0.4) is 0 Å². The number of nitrogens with one attached hydrogen (secondary N) is 3. The molecule has 5 fully saturated rings. The third kappa shape index (κ3) is 15.3. The number of carbonyl (C=O) groups is 4. The topological polar surface area (TPSA) is 214 Å². The van der Waals surface area contributed by atoms with E-state index in [0.29, 0.717) is 12.2 Å². The molecule has 7 rings (SSSR count). The zero-order chi connectivity index (χ0) is 41.5. The summed E-state index contributed by atoms with van der Waals surface area (Å²) in [5.41, 5.74) is 7.41. The maximum Gasteiger partial charge on any atom is 0.405 e. The number of amides is 4. The lowest BCUT2D eigenvalue weighted by Gasteiger charge is -2.25. The van der Waals surface area contributed by atoms with Gasteiger partial charge >= 0.3 is 6.09 Å². The molecule has 318 valence electrons. The molecule has 5 aliphatic rings. The molecular formula is C40H60F2N6O8S. The highest BCUT2D eigenvalue weighted by atomic mass is 32.2. The SMILES string of the molecule is C1CCCC1.CCC1CCN(C(=O)CNC(=O)O)C1C(N)=O.COc1ccc2nc(CCCCCC3CC3)c(=O)[nH]c2c1.O=C(NS(=O)C1CC1)C1CC1C(F)F. The second-order valence-electron chi connectivity index (χ2n) is 15.6. The first kappa shape index (κ1) is 45.6. The fourth-order valence-corrected chi connectivity index (χ4v) is 8.21. The van der Waals surface area contributed by atoms with E-state index < -0.39 is 59.1 Å². The van der Waals surface area contributed by atoms with E-state index in [9.17, 15) is 37.0 Å². The lowest BCUT2D eigenvalue weighted by Crippen LogP contribution is -2.49. The number of aromatic amines is 1. The molecule has 1 saturated heterocycles. The molecule has 6 N–H and O–H groups in total. The molecule has 14 nitrogen and oxygen atoms in total. The van der Waals surface area contributed by atoms with Crippen LogP contribution in [0.15, 0.2) is 23.0 Å². The molecule has 0 bridgehead atoms. The highest BCUT2D eigenvalue weighted by molar-refractivity contribution is 7.84. The van der Waals surface area contributed by atoms with Crippen molar-refractivity contribution in [3.63, 3.8) is 0 Å². The van der Waals surface area contributed by atoms with Crippen LogP contribution in [-0.4, -0.2) is 85.9 Å². The van der Waals surface area contributed by atoms with Crippen molar-refractivity contribution in [3.8, 4) is 5.75 Å². The second-order valence-corrected chi connectivity index (χ2v) is 17.0. The molecule has 2 heterocycles. The van der Waals surface area contributed by atoms with Crippen LogP contribution in [0, 0.1) is 23.7 Å². The first-order valence-corrected chi connectivity index (χ1v) is 21.7. The predicted octanol–water partition coefficient (Wildman–Crippen LogP) is 5.59. The van der Waals surface area contributed by atoms with Gasteiger partial charge in [0.25, 0.3) is 5.56 Å². The molecule has 1 aliphatic heterocycles. The summed E-state index contributed by atoms with van der Waals surface area (Å²) < 4.78 is 42.8. The van der Waals surface area contributed by atoms with Crippen molar-refractivity contribution in [1.29, 1.82) is 0 Å². The number of fused-ring (bicyclic) bond motifs is 1. The number of carbonyl (C=O) groups excluding carboxylic acids is 3. The van der Waals surface area contributed by atoms with Crippen LogP contribution in [0.4, 0.5) is 13.6 Å². The number of aryl methyl sites for hydroxylation is 1. The number of unbranched alkanes of at least 4 members (excludes halogenated alkanes) is 2. The van der Waals surface area contributed by atoms with Gasteiger partial charge in [-0.2, -0.15) is 0 Å². The standard InChI is InChI=1S/C17H22N2O2.C10H17N3O4.C8H11F2NO2S.C5H10/c1-21-13-9-10-14-16(11-13)19-17(20)15(18-14)6-4-2-3-5-12-7-8-12;1-2-6-3-4-13(8(6)9(11)15)7(14)5-12-10(16)17;9-7(10)5-3-6(5)8(12)11-14(13)4-1-2-4;1-2-4-5-3-1/h9-12H,2-8H2,1H3,(H,19,20);6,8,12H,2-5H2,1H3,(H2,11,15)(H,16,17);4-7H,1-3H2,(H,11,12);1-5H2. The Kier molecular flexibility index (Phi) is 18.1. The van der Waals surface area contributed by atoms with Gasteiger partial charge in [-0.25, -0.2) is 22.8 Å². The number of halogens is 2. The monoisotopic (exact) mass is 822 g/mol. The van der Waals surface area contributed by atoms with E-state index in [1.807, 2.05) is 30.4 Å². The van der Waals surface area contributed by atoms with Gasteiger partial charge < -0.3 is 30.8 Å². The van der Waals surface area contributed by atoms with Gasteiger partial charge in [0.15, 0.2) is 0 Å². The van der Waals surface area contributed by atoms with Gasteiger partial charge in [0.1, 0.15) is 35.0 Å². The molecule has 4 amide bonds. The molecule has 0 radical (unpaired) electrons. The van der Waals surface area contributed by atoms with Gasteiger partial charge in [-0.1, -0.05) is 77.6 Å². The number of hydrogen-bond acceptors (Lipinski definition) is 8. The van der Waals surface area contributed by atoms with Crippen molar-refractivity contribution in [3.05, 3.63) is 34.2 Å². The molecule has 4 aliphatic carbocycles. The van der Waals surface area contributed by atoms with Gasteiger partial charge in [-0.05, 0) is 62.5 Å². The number of nitrogens with two attached hydrogens (primary N) is 1. The Morgan fingerprint density at radius 2 is 1.74 bits per heavy atom. The van der Waals surface area contributed by atoms with Crippen LogP contribution < -0.4 is 26.1 Å². The van der Waals surface area contributed by atoms with Gasteiger partial charge in [0.2, 0.25) is 24.1 Å². The van der Waals surface area contributed by atoms with E-state index in [-0.39, 0.29) is 29.7 Å². The largest absolute Gasteiger partial charge is 0.497 e. The van der Waals surface area contributed by atoms with Crippen molar-refractivity contribution >= 4 is 45.8 Å². The van der Waals surface area contributed by atoms with Crippen molar-refractivity contribution < 1.29 is 42.0 Å². The maximum absolute atomic E-state index is 12.1. The smallest absolute Gasteiger partial charge is 0.405 e. The zero-order valence-electron chi connectivity index (χ0n) is 33.1. The Morgan fingerprint density at radius 3 is 2.28 bits per heavy atom. The number of aromatic nitrogens is 2. The normalized spacial score (nSPS) is 22.5. The fraction of sp³-hybridized carbons (Fsp3) is 0.700. The minimum atomic E-state index is -2.43. The summed E-state index contributed by atoms with van der Waals surface area (Å²) in [5, 5.41) is 10.5. The number of nitrogens with zero attached hydrogens (tertiary/aromatic N) is 2. The van der Waals surface area contributed by atoms with Crippen LogP contribution in [-0.2, 0) is 31.8 Å². The third-order valence-electron chi connectivity index (χ3n) is 11.0. The van der Waals surface area contributed by atoms with Crippen molar-refractivity contribution in [1.82, 2.24) is 24.9 Å². The van der Waals surface area contributed by atoms with Crippen molar-refractivity contribution in [2.75, 3.05) is 20.2 Å². The average molecular weight is 823 g/mol. The van der Waals surface area contributed by atoms with E-state index in [4.69, 9.17) is 15.6 Å². The number of alkyl halides is 2. The highest BCUT2D eigenvalue weighted by Gasteiger charge is 2.49. The Balaban J connectivity index is 0.000000181. The fourth-order valence-electron chi connectivity index (χ4n) is 7.13. The molecule has 1 aromatic carbocycles. The summed E-state index contributed by atoms with van der Waals surface area (Å²) in [6.45, 7) is 2.06. The average Bonchev–Trinajstić information content (AvgIpc) is 4.15. The number of likely N-dealkylation sites (tertiary alicyclic amines) is 1. The summed E-state index contributed by atoms with van der Waals surface area (Å²) in [6.07, 6.45) is 15.7. The zero-order valence-corrected chi connectivity index (χ0v) is 34.0. The number of rotatable bonds is 15. The number of primary amides is 1. The Bertz CT molecular complexity index is 1730. The van der Waals surface area contributed by atoms with Crippen LogP contribution >= 0.6 is 0 Å². The first-order valence-electron chi connectivity index (χ1n) is 20.4. The molecule has 0 spiro atoms. The van der Waals surface area contributed by atoms with Gasteiger partial charge in [-0.15, -0.1) is 0 Å². The molecule has 57 heavy (non-hydrogen) atoms. The van der Waals surface area contributed by atoms with Crippen molar-refractivity contribution in [2.45, 2.75) is 134 Å². The predicted molar refractivity (Wildman–Crippen MR) is 213 cm³/mol. The lowest BCUT2D eigenvalue weighted by molar-refractivity contribution is -0.137. The first-order chi connectivity index (χ1) is 27.3. The number of ether oxygens (including phenoxy) is 1. The van der Waals surface area contributed by atoms with Gasteiger partial charge in [0.05, 0.1) is 23.4 Å². The minimum Gasteiger partial charge on any atom is -0.497 e. The molecule has 5 unspecified atom stereocenters. The summed E-state index contributed by atoms with van der Waals surface area (Å²) >= 11 is 0. The molecule has 17 heteroatoms. The summed E-state index contributed by atoms with van der Waals surface area (Å²) in [7, 11) is 0.270. The molecule has 1 aromatic heterocycles. The van der Waals surface area contributed by atoms with E-state index in [1.54, 1.807) is 7.11 Å². The second kappa shape index (κ2) is 22.7. The van der Waals surface area contributed by atoms with Gasteiger partial charge in [0, 0.05) is 24.4 Å². The lowest BCUT2D eigenvalue weighted by atomic mass is 9.97. The van der Waals surface area contributed by atoms with E-state index in [2.05, 4.69) is 14.7 Å². The Morgan fingerprint density at radius 1 is 1.05 bits per heavy atom. The number of carboxylic acid groups (broad SMARTS) is 1. The van der Waals surface area contributed by atoms with E-state index in [1.165, 1.54) is 69.1 Å². The molecule has 2 aromatic rings. The highest BCUT2D eigenvalue weighted by Crippen LogP contribution is 2.43. The molecule has 4 saturated carbocycles. The molecule has 5 atom stereocenters. The number of benzene rings is 1. The minimum absolute atomic E-state index is 0.0581. The molecular weight excluding hydrogens is 763 g/mol. The number of hydrogen-bond donors (Lipinski definition) is 5. The van der Waals surface area contributed by atoms with Crippen molar-refractivity contribution in [2.24, 2.45) is 29.4 Å². The number of H-pyrrole nitrogens is 1. The third-order valence-corrected chi connectivity index (χ3v) is 12.5. The van der Waals surface area contributed by atoms with Crippen LogP contribution in [0.5, 0.6) is 5.75 Å². The maximum atomic E-state index is 12.1. The summed E-state index contributed by atoms with van der Waals surface area (Å²) in [6, 6.07) is 4.96. The van der Waals surface area contributed by atoms with Crippen LogP contribution in [0.1, 0.15) is 115 Å². The van der Waals surface area contributed by atoms with E-state index in [0.717, 1.165) is 61.2 Å². The Labute approximate surface area is 335 Å². The summed E-state index contributed by atoms with van der Waals surface area (Å²) in [4.78, 5) is 65.4.